The van der Waals surface area contributed by atoms with E-state index in [-0.39, 0.29) is 0 Å². The van der Waals surface area contributed by atoms with Crippen LogP contribution in [0.15, 0.2) is 0 Å². The van der Waals surface area contributed by atoms with Crippen molar-refractivity contribution in [1.29, 1.82) is 5.41 Å². The van der Waals surface area contributed by atoms with Crippen LogP contribution in [0, 0.1) is 17.3 Å². The summed E-state index contributed by atoms with van der Waals surface area (Å²) in [5, 5.41) is 7.71. The second-order valence-electron chi connectivity index (χ2n) is 3.76. The molecule has 4 heteroatoms. The Labute approximate surface area is 86.0 Å². The van der Waals surface area contributed by atoms with E-state index in [4.69, 9.17) is 5.41 Å². The molecular weight excluding hydrogens is 176 g/mol. The molecule has 0 bridgehead atoms. The van der Waals surface area contributed by atoms with Crippen LogP contribution < -0.4 is 0 Å². The van der Waals surface area contributed by atoms with Crippen LogP contribution in [0.25, 0.3) is 0 Å². The van der Waals surface area contributed by atoms with Crippen molar-refractivity contribution in [2.24, 2.45) is 0 Å². The van der Waals surface area contributed by atoms with Crippen LogP contribution in [0.3, 0.4) is 0 Å². The molecule has 4 nitrogen and oxygen atoms in total. The third-order valence-corrected chi connectivity index (χ3v) is 2.16. The highest BCUT2D eigenvalue weighted by atomic mass is 15.4. The van der Waals surface area contributed by atoms with Gasteiger partial charge in [0.1, 0.15) is 0 Å². The normalized spacial score (nSPS) is 16.1. The van der Waals surface area contributed by atoms with Gasteiger partial charge in [-0.3, -0.25) is 10.3 Å². The molecule has 0 atom stereocenters. The average Bonchev–Trinajstić information content (AvgIpc) is 2.43. The van der Waals surface area contributed by atoms with Gasteiger partial charge in [0.25, 0.3) is 0 Å². The van der Waals surface area contributed by atoms with Gasteiger partial charge >= 0.3 is 0 Å². The molecule has 1 rings (SSSR count). The number of hydrogen-bond donors (Lipinski definition) is 1. The van der Waals surface area contributed by atoms with E-state index >= 15 is 0 Å². The number of rotatable bonds is 2. The first-order valence-electron chi connectivity index (χ1n) is 4.76. The molecule has 1 N–H and O–H groups in total. The van der Waals surface area contributed by atoms with Gasteiger partial charge in [0.05, 0.1) is 13.1 Å². The molecule has 1 fully saturated rings. The predicted octanol–water partition coefficient (Wildman–Crippen LogP) is -0.266. The monoisotopic (exact) mass is 194 g/mol. The highest BCUT2D eigenvalue weighted by Gasteiger charge is 2.19. The molecule has 0 aromatic carbocycles. The fraction of sp³-hybridized carbons (Fsp3) is 0.700. The zero-order chi connectivity index (χ0) is 10.6. The van der Waals surface area contributed by atoms with Gasteiger partial charge in [0.15, 0.2) is 5.96 Å². The lowest BCUT2D eigenvalue weighted by molar-refractivity contribution is 0.463. The van der Waals surface area contributed by atoms with Crippen LogP contribution in [0.2, 0.25) is 0 Å². The predicted molar refractivity (Wildman–Crippen MR) is 58.3 cm³/mol. The second kappa shape index (κ2) is 4.87. The summed E-state index contributed by atoms with van der Waals surface area (Å²) in [4.78, 5) is 5.96. The zero-order valence-electron chi connectivity index (χ0n) is 9.17. The van der Waals surface area contributed by atoms with Crippen LogP contribution in [-0.4, -0.2) is 68.0 Å². The summed E-state index contributed by atoms with van der Waals surface area (Å²) < 4.78 is 0. The molecule has 0 saturated carbocycles. The van der Waals surface area contributed by atoms with Crippen LogP contribution in [0.1, 0.15) is 0 Å². The maximum absolute atomic E-state index is 7.71. The Kier molecular flexibility index (Phi) is 3.78. The van der Waals surface area contributed by atoms with Crippen LogP contribution in [0.5, 0.6) is 0 Å². The summed E-state index contributed by atoms with van der Waals surface area (Å²) in [5.41, 5.74) is 0. The SMILES string of the molecule is CN(C)CC#CCN1CCN(C)C1=N. The molecule has 0 aromatic rings. The Bertz CT molecular complexity index is 261. The highest BCUT2D eigenvalue weighted by Crippen LogP contribution is 2.02. The first-order valence-corrected chi connectivity index (χ1v) is 4.76. The molecule has 0 aromatic heterocycles. The van der Waals surface area contributed by atoms with Crippen molar-refractivity contribution >= 4 is 5.96 Å². The zero-order valence-corrected chi connectivity index (χ0v) is 9.17. The average molecular weight is 194 g/mol. The Balaban J connectivity index is 2.31. The van der Waals surface area contributed by atoms with Crippen LogP contribution in [-0.2, 0) is 0 Å². The topological polar surface area (TPSA) is 33.6 Å². The molecular formula is C10H18N4. The van der Waals surface area contributed by atoms with E-state index in [1.807, 2.05) is 35.8 Å². The molecule has 1 saturated heterocycles. The van der Waals surface area contributed by atoms with Gasteiger partial charge in [-0.25, -0.2) is 0 Å². The minimum absolute atomic E-state index is 0.587. The van der Waals surface area contributed by atoms with Crippen molar-refractivity contribution in [3.63, 3.8) is 0 Å². The standard InChI is InChI=1S/C10H18N4/c1-12(2)6-4-5-7-14-9-8-13(3)10(14)11/h11H,6-9H2,1-3H3. The van der Waals surface area contributed by atoms with E-state index in [0.29, 0.717) is 12.5 Å². The summed E-state index contributed by atoms with van der Waals surface area (Å²) in [6.45, 7) is 3.33. The van der Waals surface area contributed by atoms with Crippen LogP contribution >= 0.6 is 0 Å². The van der Waals surface area contributed by atoms with Gasteiger partial charge in [-0.1, -0.05) is 11.8 Å². The summed E-state index contributed by atoms with van der Waals surface area (Å²) in [6.07, 6.45) is 0. The van der Waals surface area contributed by atoms with E-state index in [9.17, 15) is 0 Å². The van der Waals surface area contributed by atoms with Gasteiger partial charge in [-0.2, -0.15) is 0 Å². The van der Waals surface area contributed by atoms with Gasteiger partial charge in [0.2, 0.25) is 0 Å². The van der Waals surface area contributed by atoms with Crippen molar-refractivity contribution in [3.05, 3.63) is 0 Å². The fourth-order valence-corrected chi connectivity index (χ4v) is 1.24. The number of hydrogen-bond acceptors (Lipinski definition) is 2. The molecule has 78 valence electrons. The molecule has 0 spiro atoms. The quantitative estimate of drug-likeness (QED) is 0.615. The third-order valence-electron chi connectivity index (χ3n) is 2.16. The Morgan fingerprint density at radius 2 is 2.07 bits per heavy atom. The van der Waals surface area contributed by atoms with Crippen molar-refractivity contribution in [1.82, 2.24) is 14.7 Å². The first-order chi connectivity index (χ1) is 6.61. The fourth-order valence-electron chi connectivity index (χ4n) is 1.24. The first kappa shape index (κ1) is 10.9. The largest absolute Gasteiger partial charge is 0.344 e. The third kappa shape index (κ3) is 2.93. The molecule has 1 heterocycles. The Hall–Kier alpha value is -1.21. The number of likely N-dealkylation sites (N-methyl/N-ethyl adjacent to an activating group) is 1. The lowest BCUT2D eigenvalue weighted by Crippen LogP contribution is -2.30. The maximum atomic E-state index is 7.71. The van der Waals surface area contributed by atoms with E-state index < -0.39 is 0 Å². The number of nitrogens with one attached hydrogen (secondary N) is 1. The molecule has 1 aliphatic rings. The van der Waals surface area contributed by atoms with Gasteiger partial charge < -0.3 is 9.80 Å². The highest BCUT2D eigenvalue weighted by molar-refractivity contribution is 5.78. The van der Waals surface area contributed by atoms with Crippen LogP contribution in [0.4, 0.5) is 0 Å². The van der Waals surface area contributed by atoms with E-state index in [0.717, 1.165) is 19.6 Å². The minimum atomic E-state index is 0.587. The Morgan fingerprint density at radius 3 is 2.57 bits per heavy atom. The molecule has 0 unspecified atom stereocenters. The molecule has 14 heavy (non-hydrogen) atoms. The lowest BCUT2D eigenvalue weighted by atomic mass is 10.5. The Morgan fingerprint density at radius 1 is 1.36 bits per heavy atom. The summed E-state index contributed by atoms with van der Waals surface area (Å²) in [6, 6.07) is 0. The number of guanidine groups is 1. The van der Waals surface area contributed by atoms with Crippen molar-refractivity contribution in [2.75, 3.05) is 47.3 Å². The smallest absolute Gasteiger partial charge is 0.194 e. The minimum Gasteiger partial charge on any atom is -0.344 e. The van der Waals surface area contributed by atoms with E-state index in [1.165, 1.54) is 0 Å². The van der Waals surface area contributed by atoms with Crippen molar-refractivity contribution in [3.8, 4) is 11.8 Å². The van der Waals surface area contributed by atoms with E-state index in [1.54, 1.807) is 0 Å². The summed E-state index contributed by atoms with van der Waals surface area (Å²) in [7, 11) is 5.94. The lowest BCUT2D eigenvalue weighted by Gasteiger charge is -2.15. The van der Waals surface area contributed by atoms with Gasteiger partial charge in [0, 0.05) is 20.1 Å². The van der Waals surface area contributed by atoms with Crippen molar-refractivity contribution in [2.45, 2.75) is 0 Å². The van der Waals surface area contributed by atoms with Crippen molar-refractivity contribution < 1.29 is 0 Å². The maximum Gasteiger partial charge on any atom is 0.194 e. The van der Waals surface area contributed by atoms with Gasteiger partial charge in [-0.15, -0.1) is 0 Å². The molecule has 0 amide bonds. The molecule has 0 aliphatic carbocycles. The van der Waals surface area contributed by atoms with E-state index in [2.05, 4.69) is 11.8 Å². The molecule has 1 aliphatic heterocycles. The second-order valence-corrected chi connectivity index (χ2v) is 3.76. The number of nitrogens with zero attached hydrogens (tertiary/aromatic N) is 3. The molecule has 0 radical (unpaired) electrons. The summed E-state index contributed by atoms with van der Waals surface area (Å²) in [5.74, 6) is 6.73. The van der Waals surface area contributed by atoms with Gasteiger partial charge in [-0.05, 0) is 14.1 Å². The summed E-state index contributed by atoms with van der Waals surface area (Å²) >= 11 is 0.